The van der Waals surface area contributed by atoms with E-state index in [0.717, 1.165) is 16.5 Å². The van der Waals surface area contributed by atoms with E-state index in [9.17, 15) is 9.59 Å². The number of rotatable bonds is 2. The maximum Gasteiger partial charge on any atom is 0.255 e. The van der Waals surface area contributed by atoms with Crippen molar-refractivity contribution in [3.63, 3.8) is 0 Å². The maximum absolute atomic E-state index is 13.2. The summed E-state index contributed by atoms with van der Waals surface area (Å²) in [5.74, 6) is -0.220. The van der Waals surface area contributed by atoms with Gasteiger partial charge in [0.05, 0.1) is 0 Å². The normalized spacial score (nSPS) is 17.4. The van der Waals surface area contributed by atoms with Crippen LogP contribution in [-0.4, -0.2) is 35.8 Å². The molecular weight excluding hydrogens is 360 g/mol. The van der Waals surface area contributed by atoms with Gasteiger partial charge in [-0.25, -0.2) is 0 Å². The topological polar surface area (TPSA) is 40.6 Å². The van der Waals surface area contributed by atoms with Gasteiger partial charge in [0.1, 0.15) is 6.54 Å². The van der Waals surface area contributed by atoms with E-state index in [4.69, 9.17) is 11.6 Å². The number of hydrogen-bond donors (Lipinski definition) is 0. The Morgan fingerprint density at radius 1 is 1.04 bits per heavy atom. The van der Waals surface area contributed by atoms with Gasteiger partial charge in [0.2, 0.25) is 5.91 Å². The summed E-state index contributed by atoms with van der Waals surface area (Å²) in [7, 11) is 0. The first-order chi connectivity index (χ1) is 13.0. The highest BCUT2D eigenvalue weighted by Crippen LogP contribution is 2.26. The smallest absolute Gasteiger partial charge is 0.255 e. The van der Waals surface area contributed by atoms with Crippen LogP contribution in [0, 0.1) is 0 Å². The molecule has 3 aromatic rings. The van der Waals surface area contributed by atoms with Crippen molar-refractivity contribution in [1.29, 1.82) is 0 Å². The maximum atomic E-state index is 13.2. The lowest BCUT2D eigenvalue weighted by Crippen LogP contribution is -2.57. The zero-order valence-electron chi connectivity index (χ0n) is 14.9. The molecule has 0 radical (unpaired) electrons. The number of halogens is 1. The van der Waals surface area contributed by atoms with Crippen LogP contribution >= 0.6 is 11.6 Å². The average molecular weight is 379 g/mol. The van der Waals surface area contributed by atoms with Crippen LogP contribution in [-0.2, 0) is 4.79 Å². The molecule has 1 saturated heterocycles. The second kappa shape index (κ2) is 7.05. The molecule has 0 bridgehead atoms. The number of amides is 2. The monoisotopic (exact) mass is 378 g/mol. The number of carbonyl (C=O) groups is 2. The summed E-state index contributed by atoms with van der Waals surface area (Å²) in [4.78, 5) is 29.3. The standard InChI is InChI=1S/C22H19ClN2O2/c1-15-13-25(18-9-5-8-17(23)12-18)21(26)14-24(15)22(27)20-11-4-7-16-6-2-3-10-19(16)20/h2-12,15H,13-14H2,1H3/t15-/m0/s1. The van der Waals surface area contributed by atoms with Gasteiger partial charge in [-0.3, -0.25) is 9.59 Å². The minimum absolute atomic E-state index is 0.0513. The summed E-state index contributed by atoms with van der Waals surface area (Å²) >= 11 is 6.06. The van der Waals surface area contributed by atoms with Crippen molar-refractivity contribution in [2.24, 2.45) is 0 Å². The second-order valence-corrected chi connectivity index (χ2v) is 7.23. The number of nitrogens with zero attached hydrogens (tertiary/aromatic N) is 2. The zero-order chi connectivity index (χ0) is 19.0. The van der Waals surface area contributed by atoms with E-state index in [2.05, 4.69) is 0 Å². The van der Waals surface area contributed by atoms with Crippen LogP contribution in [0.2, 0.25) is 5.02 Å². The molecule has 2 amide bonds. The molecule has 0 spiro atoms. The molecule has 1 atom stereocenters. The van der Waals surface area contributed by atoms with Crippen molar-refractivity contribution in [3.8, 4) is 0 Å². The number of hydrogen-bond acceptors (Lipinski definition) is 2. The van der Waals surface area contributed by atoms with Gasteiger partial charge in [0.25, 0.3) is 5.91 Å². The molecule has 1 aliphatic rings. The van der Waals surface area contributed by atoms with E-state index in [1.54, 1.807) is 21.9 Å². The molecule has 0 aromatic heterocycles. The van der Waals surface area contributed by atoms with Crippen molar-refractivity contribution < 1.29 is 9.59 Å². The molecule has 0 saturated carbocycles. The second-order valence-electron chi connectivity index (χ2n) is 6.79. The average Bonchev–Trinajstić information content (AvgIpc) is 2.68. The lowest BCUT2D eigenvalue weighted by atomic mass is 10.0. The summed E-state index contributed by atoms with van der Waals surface area (Å²) in [5, 5.41) is 2.50. The zero-order valence-corrected chi connectivity index (χ0v) is 15.7. The van der Waals surface area contributed by atoms with Crippen molar-refractivity contribution in [3.05, 3.63) is 77.3 Å². The third kappa shape index (κ3) is 3.28. The fourth-order valence-corrected chi connectivity index (χ4v) is 3.77. The first-order valence-corrected chi connectivity index (χ1v) is 9.27. The van der Waals surface area contributed by atoms with Crippen LogP contribution in [0.15, 0.2) is 66.7 Å². The van der Waals surface area contributed by atoms with Crippen LogP contribution in [0.4, 0.5) is 5.69 Å². The Hall–Kier alpha value is -2.85. The first kappa shape index (κ1) is 17.6. The molecule has 3 aromatic carbocycles. The molecule has 1 fully saturated rings. The molecule has 1 heterocycles. The van der Waals surface area contributed by atoms with Gasteiger partial charge in [0.15, 0.2) is 0 Å². The number of fused-ring (bicyclic) bond motifs is 1. The highest BCUT2D eigenvalue weighted by Gasteiger charge is 2.34. The fourth-order valence-electron chi connectivity index (χ4n) is 3.58. The van der Waals surface area contributed by atoms with Crippen LogP contribution in [0.25, 0.3) is 10.8 Å². The first-order valence-electron chi connectivity index (χ1n) is 8.89. The lowest BCUT2D eigenvalue weighted by molar-refractivity contribution is -0.121. The quantitative estimate of drug-likeness (QED) is 0.664. The SMILES string of the molecule is C[C@H]1CN(c2cccc(Cl)c2)C(=O)CN1C(=O)c1cccc2ccccc12. The Bertz CT molecular complexity index is 1030. The summed E-state index contributed by atoms with van der Waals surface area (Å²) < 4.78 is 0. The van der Waals surface area contributed by atoms with Crippen molar-refractivity contribution in [2.75, 3.05) is 18.0 Å². The Morgan fingerprint density at radius 2 is 1.78 bits per heavy atom. The summed E-state index contributed by atoms with van der Waals surface area (Å²) in [6.07, 6.45) is 0. The van der Waals surface area contributed by atoms with Crippen molar-refractivity contribution in [1.82, 2.24) is 4.90 Å². The minimum Gasteiger partial charge on any atom is -0.325 e. The lowest BCUT2D eigenvalue weighted by Gasteiger charge is -2.39. The fraction of sp³-hybridized carbons (Fsp3) is 0.182. The Morgan fingerprint density at radius 3 is 2.59 bits per heavy atom. The molecular formula is C22H19ClN2O2. The molecule has 0 aliphatic carbocycles. The highest BCUT2D eigenvalue weighted by molar-refractivity contribution is 6.31. The van der Waals surface area contributed by atoms with Gasteiger partial charge in [-0.15, -0.1) is 0 Å². The van der Waals surface area contributed by atoms with E-state index in [-0.39, 0.29) is 24.4 Å². The Labute approximate surface area is 162 Å². The van der Waals surface area contributed by atoms with Gasteiger partial charge in [-0.2, -0.15) is 0 Å². The molecule has 136 valence electrons. The Kier molecular flexibility index (Phi) is 4.58. The molecule has 27 heavy (non-hydrogen) atoms. The van der Waals surface area contributed by atoms with Gasteiger partial charge in [-0.05, 0) is 42.0 Å². The number of carbonyl (C=O) groups excluding carboxylic acids is 2. The van der Waals surface area contributed by atoms with E-state index in [1.165, 1.54) is 0 Å². The molecule has 0 unspecified atom stereocenters. The molecule has 1 aliphatic heterocycles. The number of piperazine rings is 1. The van der Waals surface area contributed by atoms with E-state index >= 15 is 0 Å². The third-order valence-corrected chi connectivity index (χ3v) is 5.22. The minimum atomic E-state index is -0.113. The van der Waals surface area contributed by atoms with Gasteiger partial charge >= 0.3 is 0 Å². The highest BCUT2D eigenvalue weighted by atomic mass is 35.5. The van der Waals surface area contributed by atoms with Gasteiger partial charge in [-0.1, -0.05) is 54.1 Å². The largest absolute Gasteiger partial charge is 0.325 e. The van der Waals surface area contributed by atoms with Crippen LogP contribution in [0.1, 0.15) is 17.3 Å². The van der Waals surface area contributed by atoms with E-state index in [0.29, 0.717) is 17.1 Å². The Balaban J connectivity index is 1.62. The van der Waals surface area contributed by atoms with Crippen LogP contribution in [0.3, 0.4) is 0 Å². The van der Waals surface area contributed by atoms with Crippen LogP contribution in [0.5, 0.6) is 0 Å². The van der Waals surface area contributed by atoms with E-state index in [1.807, 2.05) is 61.5 Å². The van der Waals surface area contributed by atoms with Crippen LogP contribution < -0.4 is 4.90 Å². The van der Waals surface area contributed by atoms with E-state index < -0.39 is 0 Å². The van der Waals surface area contributed by atoms with Gasteiger partial charge < -0.3 is 9.80 Å². The molecule has 0 N–H and O–H groups in total. The summed E-state index contributed by atoms with van der Waals surface area (Å²) in [5.41, 5.74) is 1.39. The van der Waals surface area contributed by atoms with Crippen molar-refractivity contribution in [2.45, 2.75) is 13.0 Å². The predicted molar refractivity (Wildman–Crippen MR) is 108 cm³/mol. The van der Waals surface area contributed by atoms with Gasteiger partial charge in [0, 0.05) is 28.9 Å². The summed E-state index contributed by atoms with van der Waals surface area (Å²) in [6.45, 7) is 2.46. The molecule has 5 heteroatoms. The van der Waals surface area contributed by atoms with Crippen molar-refractivity contribution >= 4 is 39.9 Å². The molecule has 4 nitrogen and oxygen atoms in total. The third-order valence-electron chi connectivity index (χ3n) is 4.99. The molecule has 4 rings (SSSR count). The number of benzene rings is 3. The predicted octanol–water partition coefficient (Wildman–Crippen LogP) is 4.37. The number of anilines is 1. The summed E-state index contributed by atoms with van der Waals surface area (Å²) in [6, 6.07) is 20.6.